The fourth-order valence-corrected chi connectivity index (χ4v) is 7.22. The first-order valence-electron chi connectivity index (χ1n) is 12.5. The molecule has 1 saturated carbocycles. The normalized spacial score (nSPS) is 22.3. The van der Waals surface area contributed by atoms with E-state index in [0.717, 1.165) is 12.8 Å². The third-order valence-corrected chi connectivity index (χ3v) is 10.7. The molecule has 1 N–H and O–H groups in total. The molecule has 11 heteroatoms. The van der Waals surface area contributed by atoms with Gasteiger partial charge in [-0.25, -0.2) is 16.8 Å². The van der Waals surface area contributed by atoms with Gasteiger partial charge in [0.2, 0.25) is 20.0 Å². The molecule has 0 spiro atoms. The second-order valence-electron chi connectivity index (χ2n) is 9.91. The van der Waals surface area contributed by atoms with Crippen LogP contribution in [0.4, 0.5) is 0 Å². The maximum absolute atomic E-state index is 13.6. The molecule has 2 aromatic carbocycles. The van der Waals surface area contributed by atoms with Gasteiger partial charge < -0.3 is 14.6 Å². The van der Waals surface area contributed by atoms with E-state index >= 15 is 0 Å². The third-order valence-electron chi connectivity index (χ3n) is 6.87. The van der Waals surface area contributed by atoms with Crippen LogP contribution in [0.5, 0.6) is 11.5 Å². The number of hydrogen-bond donors (Lipinski definition) is 1. The van der Waals surface area contributed by atoms with E-state index in [9.17, 15) is 21.9 Å². The van der Waals surface area contributed by atoms with Crippen LogP contribution >= 0.6 is 0 Å². The highest BCUT2D eigenvalue weighted by atomic mass is 32.2. The summed E-state index contributed by atoms with van der Waals surface area (Å²) in [5, 5.41) is 9.82. The molecule has 0 amide bonds. The number of fused-ring (bicyclic) bond motifs is 1. The summed E-state index contributed by atoms with van der Waals surface area (Å²) in [4.78, 5) is 0.0720. The molecule has 0 unspecified atom stereocenters. The van der Waals surface area contributed by atoms with Gasteiger partial charge in [0, 0.05) is 37.0 Å². The highest BCUT2D eigenvalue weighted by molar-refractivity contribution is 7.89. The first kappa shape index (κ1) is 28.4. The second-order valence-corrected chi connectivity index (χ2v) is 13.8. The van der Waals surface area contributed by atoms with Crippen LogP contribution in [0.25, 0.3) is 0 Å². The van der Waals surface area contributed by atoms with Crippen LogP contribution in [0.1, 0.15) is 32.3 Å². The number of nitrogens with zero attached hydrogens (tertiary/aromatic N) is 2. The van der Waals surface area contributed by atoms with Crippen molar-refractivity contribution in [3.05, 3.63) is 48.0 Å². The number of benzene rings is 2. The Balaban J connectivity index is 1.70. The van der Waals surface area contributed by atoms with E-state index in [0.29, 0.717) is 17.2 Å². The van der Waals surface area contributed by atoms with Crippen molar-refractivity contribution in [2.24, 2.45) is 11.8 Å². The monoisotopic (exact) mass is 562 g/mol. The molecule has 0 radical (unpaired) electrons. The number of sulfonamides is 2. The van der Waals surface area contributed by atoms with Gasteiger partial charge in [0.1, 0.15) is 22.5 Å². The van der Waals surface area contributed by atoms with Crippen LogP contribution in [-0.2, 0) is 20.0 Å². The number of rotatable bonds is 7. The number of ether oxygens (including phenoxy) is 2. The molecule has 1 heterocycles. The molecule has 0 aromatic heterocycles. The SMILES string of the molecule is COc1ccc(S(=O)(=O)N(C)C[C@@H]2Oc3cc(C#CC4CC4)ccc3S(=O)(=O)N([C@@H](C)CO)C[C@@H]2C)cc1. The third kappa shape index (κ3) is 6.00. The van der Waals surface area contributed by atoms with Crippen molar-refractivity contribution >= 4 is 20.0 Å². The molecule has 0 bridgehead atoms. The Hall–Kier alpha value is -2.62. The fourth-order valence-electron chi connectivity index (χ4n) is 4.21. The van der Waals surface area contributed by atoms with Gasteiger partial charge >= 0.3 is 0 Å². The minimum Gasteiger partial charge on any atom is -0.497 e. The van der Waals surface area contributed by atoms with Crippen molar-refractivity contribution in [1.29, 1.82) is 0 Å². The number of methoxy groups -OCH3 is 1. The van der Waals surface area contributed by atoms with E-state index < -0.39 is 38.1 Å². The van der Waals surface area contributed by atoms with E-state index in [1.54, 1.807) is 31.2 Å². The average molecular weight is 563 g/mol. The second kappa shape index (κ2) is 11.2. The molecule has 3 atom stereocenters. The van der Waals surface area contributed by atoms with Crippen molar-refractivity contribution in [2.75, 3.05) is 33.9 Å². The smallest absolute Gasteiger partial charge is 0.247 e. The summed E-state index contributed by atoms with van der Waals surface area (Å²) in [6.07, 6.45) is 1.44. The summed E-state index contributed by atoms with van der Waals surface area (Å²) in [7, 11) is -4.88. The van der Waals surface area contributed by atoms with Gasteiger partial charge in [-0.05, 0) is 62.2 Å². The summed E-state index contributed by atoms with van der Waals surface area (Å²) < 4.78 is 67.8. The summed E-state index contributed by atoms with van der Waals surface area (Å²) >= 11 is 0. The number of aliphatic hydroxyl groups is 1. The van der Waals surface area contributed by atoms with E-state index in [1.807, 2.05) is 6.92 Å². The Labute approximate surface area is 225 Å². The molecule has 1 fully saturated rings. The van der Waals surface area contributed by atoms with Gasteiger partial charge in [0.05, 0.1) is 25.2 Å². The van der Waals surface area contributed by atoms with Crippen molar-refractivity contribution in [2.45, 2.75) is 48.6 Å². The summed E-state index contributed by atoms with van der Waals surface area (Å²) in [5.74, 6) is 6.89. The van der Waals surface area contributed by atoms with E-state index in [4.69, 9.17) is 9.47 Å². The first-order chi connectivity index (χ1) is 18.0. The predicted molar refractivity (Wildman–Crippen MR) is 143 cm³/mol. The number of hydrogen-bond acceptors (Lipinski definition) is 7. The lowest BCUT2D eigenvalue weighted by Crippen LogP contribution is -2.50. The zero-order valence-corrected chi connectivity index (χ0v) is 23.6. The lowest BCUT2D eigenvalue weighted by Gasteiger charge is -2.37. The quantitative estimate of drug-likeness (QED) is 0.516. The average Bonchev–Trinajstić information content (AvgIpc) is 3.73. The molecule has 0 saturated heterocycles. The van der Waals surface area contributed by atoms with Gasteiger partial charge in [-0.3, -0.25) is 0 Å². The lowest BCUT2D eigenvalue weighted by atomic mass is 10.0. The van der Waals surface area contributed by atoms with Crippen LogP contribution in [0.3, 0.4) is 0 Å². The molecule has 9 nitrogen and oxygen atoms in total. The molecule has 2 aromatic rings. The maximum atomic E-state index is 13.6. The Kier molecular flexibility index (Phi) is 8.40. The molecule has 4 rings (SSSR count). The zero-order valence-electron chi connectivity index (χ0n) is 22.0. The minimum absolute atomic E-state index is 0.0195. The highest BCUT2D eigenvalue weighted by Gasteiger charge is 2.39. The van der Waals surface area contributed by atoms with Crippen LogP contribution < -0.4 is 9.47 Å². The van der Waals surface area contributed by atoms with Crippen molar-refractivity contribution in [3.63, 3.8) is 0 Å². The Bertz CT molecular complexity index is 1430. The van der Waals surface area contributed by atoms with Crippen molar-refractivity contribution in [3.8, 4) is 23.3 Å². The molecule has 1 aliphatic carbocycles. The van der Waals surface area contributed by atoms with Gasteiger partial charge in [-0.15, -0.1) is 0 Å². The summed E-state index contributed by atoms with van der Waals surface area (Å²) in [6.45, 7) is 3.12. The van der Waals surface area contributed by atoms with Gasteiger partial charge in [-0.1, -0.05) is 18.8 Å². The van der Waals surface area contributed by atoms with Crippen molar-refractivity contribution < 1.29 is 31.4 Å². The summed E-state index contributed by atoms with van der Waals surface area (Å²) in [6, 6.07) is 10.2. The van der Waals surface area contributed by atoms with Crippen LogP contribution in [0.15, 0.2) is 52.3 Å². The van der Waals surface area contributed by atoms with Crippen LogP contribution in [0, 0.1) is 23.7 Å². The van der Waals surface area contributed by atoms with Crippen LogP contribution in [0.2, 0.25) is 0 Å². The van der Waals surface area contributed by atoms with E-state index in [1.165, 1.54) is 41.0 Å². The molecule has 206 valence electrons. The molecular weight excluding hydrogens is 528 g/mol. The Morgan fingerprint density at radius 1 is 1.21 bits per heavy atom. The van der Waals surface area contributed by atoms with Gasteiger partial charge in [0.15, 0.2) is 0 Å². The largest absolute Gasteiger partial charge is 0.497 e. The minimum atomic E-state index is -4.00. The Morgan fingerprint density at radius 2 is 1.89 bits per heavy atom. The lowest BCUT2D eigenvalue weighted by molar-refractivity contribution is 0.0904. The number of aliphatic hydroxyl groups excluding tert-OH is 1. The topological polar surface area (TPSA) is 113 Å². The van der Waals surface area contributed by atoms with Crippen molar-refractivity contribution in [1.82, 2.24) is 8.61 Å². The number of likely N-dealkylation sites (N-methyl/N-ethyl adjacent to an activating group) is 1. The molecule has 2 aliphatic rings. The van der Waals surface area contributed by atoms with Gasteiger partial charge in [0.25, 0.3) is 0 Å². The fraction of sp³-hybridized carbons (Fsp3) is 0.481. The highest BCUT2D eigenvalue weighted by Crippen LogP contribution is 2.35. The first-order valence-corrected chi connectivity index (χ1v) is 15.4. The standard InChI is InChI=1S/C27H34N2O7S2/c1-19-16-29(20(2)18-30)38(33,34)27-14-9-22(8-7-21-5-6-21)15-25(27)36-26(19)17-28(3)37(31,32)24-12-10-23(35-4)11-13-24/h9-15,19-21,26,30H,5-6,16-18H2,1-4H3/t19-,20-,26-/m0/s1. The predicted octanol–water partition coefficient (Wildman–Crippen LogP) is 2.55. The van der Waals surface area contributed by atoms with Crippen LogP contribution in [-0.4, -0.2) is 76.6 Å². The molecule has 1 aliphatic heterocycles. The van der Waals surface area contributed by atoms with E-state index in [2.05, 4.69) is 11.8 Å². The Morgan fingerprint density at radius 3 is 2.50 bits per heavy atom. The van der Waals surface area contributed by atoms with Gasteiger partial charge in [-0.2, -0.15) is 8.61 Å². The molecule has 38 heavy (non-hydrogen) atoms. The maximum Gasteiger partial charge on any atom is 0.247 e. The summed E-state index contributed by atoms with van der Waals surface area (Å²) in [5.41, 5.74) is 0.624. The van der Waals surface area contributed by atoms with E-state index in [-0.39, 0.29) is 35.2 Å². The zero-order chi connectivity index (χ0) is 27.7. The molecular formula is C27H34N2O7S2.